The third-order valence-corrected chi connectivity index (χ3v) is 4.66. The lowest BCUT2D eigenvalue weighted by molar-refractivity contribution is 0.0378. The lowest BCUT2D eigenvalue weighted by Crippen LogP contribution is -2.13. The first-order valence-electron chi connectivity index (χ1n) is 7.53. The van der Waals surface area contributed by atoms with Gasteiger partial charge in [0.2, 0.25) is 0 Å². The normalized spacial score (nSPS) is 10.7. The van der Waals surface area contributed by atoms with E-state index >= 15 is 0 Å². The van der Waals surface area contributed by atoms with Crippen molar-refractivity contribution in [3.63, 3.8) is 0 Å². The van der Waals surface area contributed by atoms with Crippen LogP contribution in [-0.2, 0) is 4.74 Å². The molecule has 116 valence electrons. The summed E-state index contributed by atoms with van der Waals surface area (Å²) in [5, 5.41) is 0. The molecule has 1 heterocycles. The average molecular weight is 322 g/mol. The number of hydrogen-bond acceptors (Lipinski definition) is 3. The molecule has 0 fully saturated rings. The van der Waals surface area contributed by atoms with E-state index in [1.54, 1.807) is 11.3 Å². The standard InChI is InChI=1S/C20H18O2S/c1-14-13-18(15(2)23-14)20(21)22-19(16-9-5-3-6-10-16)17-11-7-4-8-12-17/h3-13,19H,1-2H3. The number of carbonyl (C=O) groups is 1. The molecule has 0 spiro atoms. The first kappa shape index (κ1) is 15.5. The van der Waals surface area contributed by atoms with Gasteiger partial charge in [0, 0.05) is 9.75 Å². The molecule has 3 heteroatoms. The largest absolute Gasteiger partial charge is 0.449 e. The molecule has 0 amide bonds. The van der Waals surface area contributed by atoms with Crippen molar-refractivity contribution in [1.82, 2.24) is 0 Å². The number of rotatable bonds is 4. The molecular formula is C20H18O2S. The second kappa shape index (κ2) is 6.80. The Morgan fingerprint density at radius 2 is 1.43 bits per heavy atom. The summed E-state index contributed by atoms with van der Waals surface area (Å²) in [6.07, 6.45) is -0.399. The van der Waals surface area contributed by atoms with Gasteiger partial charge >= 0.3 is 5.97 Å². The van der Waals surface area contributed by atoms with Crippen molar-refractivity contribution in [1.29, 1.82) is 0 Å². The topological polar surface area (TPSA) is 26.3 Å². The summed E-state index contributed by atoms with van der Waals surface area (Å²) >= 11 is 1.62. The Morgan fingerprint density at radius 3 is 1.87 bits per heavy atom. The third kappa shape index (κ3) is 3.51. The van der Waals surface area contributed by atoms with E-state index in [1.165, 1.54) is 0 Å². The second-order valence-corrected chi connectivity index (χ2v) is 6.89. The molecular weight excluding hydrogens is 304 g/mol. The molecule has 0 saturated carbocycles. The molecule has 0 aliphatic rings. The van der Waals surface area contributed by atoms with E-state index in [0.717, 1.165) is 20.9 Å². The molecule has 2 aromatic carbocycles. The Kier molecular flexibility index (Phi) is 4.58. The number of thiophene rings is 1. The van der Waals surface area contributed by atoms with Crippen LogP contribution < -0.4 is 0 Å². The monoisotopic (exact) mass is 322 g/mol. The van der Waals surface area contributed by atoms with E-state index in [2.05, 4.69) is 0 Å². The predicted molar refractivity (Wildman–Crippen MR) is 93.9 cm³/mol. The zero-order valence-corrected chi connectivity index (χ0v) is 14.0. The molecule has 0 unspecified atom stereocenters. The Morgan fingerprint density at radius 1 is 0.913 bits per heavy atom. The maximum Gasteiger partial charge on any atom is 0.340 e. The minimum Gasteiger partial charge on any atom is -0.449 e. The summed E-state index contributed by atoms with van der Waals surface area (Å²) in [6.45, 7) is 3.95. The fourth-order valence-electron chi connectivity index (χ4n) is 2.59. The first-order valence-corrected chi connectivity index (χ1v) is 8.34. The number of hydrogen-bond donors (Lipinski definition) is 0. The van der Waals surface area contributed by atoms with Crippen LogP contribution in [0.1, 0.15) is 37.3 Å². The summed E-state index contributed by atoms with van der Waals surface area (Å²) in [4.78, 5) is 14.7. The zero-order valence-electron chi connectivity index (χ0n) is 13.2. The van der Waals surface area contributed by atoms with Crippen LogP contribution in [0.25, 0.3) is 0 Å². The molecule has 0 aliphatic heterocycles. The molecule has 0 radical (unpaired) electrons. The molecule has 0 N–H and O–H groups in total. The van der Waals surface area contributed by atoms with Gasteiger partial charge in [0.1, 0.15) is 0 Å². The highest BCUT2D eigenvalue weighted by Crippen LogP contribution is 2.29. The molecule has 0 bridgehead atoms. The second-order valence-electron chi connectivity index (χ2n) is 5.43. The minimum absolute atomic E-state index is 0.274. The van der Waals surface area contributed by atoms with Gasteiger partial charge in [-0.15, -0.1) is 11.3 Å². The molecule has 1 aromatic heterocycles. The summed E-state index contributed by atoms with van der Waals surface area (Å²) in [5.41, 5.74) is 2.60. The van der Waals surface area contributed by atoms with E-state index in [1.807, 2.05) is 80.6 Å². The van der Waals surface area contributed by atoms with Crippen LogP contribution in [0.4, 0.5) is 0 Å². The summed E-state index contributed by atoms with van der Waals surface area (Å²) in [6, 6.07) is 21.6. The molecule has 23 heavy (non-hydrogen) atoms. The van der Waals surface area contributed by atoms with Crippen molar-refractivity contribution in [2.75, 3.05) is 0 Å². The maximum absolute atomic E-state index is 12.6. The van der Waals surface area contributed by atoms with Crippen molar-refractivity contribution in [3.8, 4) is 0 Å². The Labute approximate surface area is 140 Å². The molecule has 3 aromatic rings. The molecule has 3 rings (SSSR count). The lowest BCUT2D eigenvalue weighted by Gasteiger charge is -2.19. The van der Waals surface area contributed by atoms with E-state index in [9.17, 15) is 4.79 Å². The fourth-order valence-corrected chi connectivity index (χ4v) is 3.50. The predicted octanol–water partition coefficient (Wildman–Crippen LogP) is 5.31. The number of esters is 1. The highest BCUT2D eigenvalue weighted by Gasteiger charge is 2.21. The molecule has 2 nitrogen and oxygen atoms in total. The molecule has 0 aliphatic carbocycles. The van der Waals surface area contributed by atoms with Crippen molar-refractivity contribution in [2.24, 2.45) is 0 Å². The van der Waals surface area contributed by atoms with Crippen molar-refractivity contribution in [3.05, 3.63) is 93.2 Å². The van der Waals surface area contributed by atoms with Gasteiger partial charge in [0.15, 0.2) is 6.10 Å². The molecule has 0 atom stereocenters. The number of aryl methyl sites for hydroxylation is 2. The van der Waals surface area contributed by atoms with Crippen molar-refractivity contribution < 1.29 is 9.53 Å². The fraction of sp³-hybridized carbons (Fsp3) is 0.150. The average Bonchev–Trinajstić information content (AvgIpc) is 2.92. The molecule has 0 saturated heterocycles. The Bertz CT molecular complexity index is 752. The number of carbonyl (C=O) groups excluding carboxylic acids is 1. The van der Waals surface area contributed by atoms with Gasteiger partial charge in [-0.05, 0) is 31.0 Å². The Balaban J connectivity index is 1.93. The first-order chi connectivity index (χ1) is 11.1. The van der Waals surface area contributed by atoms with Gasteiger partial charge in [-0.25, -0.2) is 4.79 Å². The summed E-state index contributed by atoms with van der Waals surface area (Å²) in [5.74, 6) is -0.274. The van der Waals surface area contributed by atoms with Crippen LogP contribution in [0.3, 0.4) is 0 Å². The number of benzene rings is 2. The van der Waals surface area contributed by atoms with Gasteiger partial charge < -0.3 is 4.74 Å². The summed E-state index contributed by atoms with van der Waals surface area (Å²) in [7, 11) is 0. The minimum atomic E-state index is -0.399. The zero-order chi connectivity index (χ0) is 16.2. The van der Waals surface area contributed by atoms with Gasteiger partial charge in [-0.1, -0.05) is 60.7 Å². The van der Waals surface area contributed by atoms with Crippen LogP contribution in [0.2, 0.25) is 0 Å². The van der Waals surface area contributed by atoms with Crippen LogP contribution >= 0.6 is 11.3 Å². The van der Waals surface area contributed by atoms with E-state index < -0.39 is 6.10 Å². The Hall–Kier alpha value is -2.39. The van der Waals surface area contributed by atoms with Gasteiger partial charge in [-0.3, -0.25) is 0 Å². The number of ether oxygens (including phenoxy) is 1. The highest BCUT2D eigenvalue weighted by atomic mass is 32.1. The maximum atomic E-state index is 12.6. The SMILES string of the molecule is Cc1cc(C(=O)OC(c2ccccc2)c2ccccc2)c(C)s1. The van der Waals surface area contributed by atoms with Crippen LogP contribution in [0, 0.1) is 13.8 Å². The van der Waals surface area contributed by atoms with Crippen molar-refractivity contribution in [2.45, 2.75) is 20.0 Å². The van der Waals surface area contributed by atoms with Crippen LogP contribution in [0.5, 0.6) is 0 Å². The summed E-state index contributed by atoms with van der Waals surface area (Å²) < 4.78 is 5.87. The smallest absolute Gasteiger partial charge is 0.340 e. The third-order valence-electron chi connectivity index (χ3n) is 3.69. The van der Waals surface area contributed by atoms with Gasteiger partial charge in [0.05, 0.1) is 5.56 Å². The van der Waals surface area contributed by atoms with Gasteiger partial charge in [-0.2, -0.15) is 0 Å². The quantitative estimate of drug-likeness (QED) is 0.608. The van der Waals surface area contributed by atoms with E-state index in [4.69, 9.17) is 4.74 Å². The van der Waals surface area contributed by atoms with E-state index in [0.29, 0.717) is 5.56 Å². The van der Waals surface area contributed by atoms with Gasteiger partial charge in [0.25, 0.3) is 0 Å². The lowest BCUT2D eigenvalue weighted by atomic mass is 10.0. The van der Waals surface area contributed by atoms with Crippen LogP contribution in [0.15, 0.2) is 66.7 Å². The van der Waals surface area contributed by atoms with E-state index in [-0.39, 0.29) is 5.97 Å². The highest BCUT2D eigenvalue weighted by molar-refractivity contribution is 7.12. The van der Waals surface area contributed by atoms with Crippen molar-refractivity contribution >= 4 is 17.3 Å². The van der Waals surface area contributed by atoms with Crippen LogP contribution in [-0.4, -0.2) is 5.97 Å².